The summed E-state index contributed by atoms with van der Waals surface area (Å²) in [5, 5.41) is 0.119. The van der Waals surface area contributed by atoms with Gasteiger partial charge in [0.25, 0.3) is 10.0 Å². The molecule has 3 aromatic rings. The van der Waals surface area contributed by atoms with Gasteiger partial charge in [-0.1, -0.05) is 18.2 Å². The molecule has 1 aromatic carbocycles. The van der Waals surface area contributed by atoms with Crippen LogP contribution in [-0.4, -0.2) is 35.7 Å². The van der Waals surface area contributed by atoms with Crippen molar-refractivity contribution >= 4 is 33.5 Å². The molecule has 1 aliphatic heterocycles. The van der Waals surface area contributed by atoms with Crippen LogP contribution in [0.4, 0.5) is 4.39 Å². The number of hydrogen-bond acceptors (Lipinski definition) is 5. The first kappa shape index (κ1) is 19.1. The van der Waals surface area contributed by atoms with Crippen molar-refractivity contribution in [3.8, 4) is 0 Å². The minimum absolute atomic E-state index is 0.0941. The van der Waals surface area contributed by atoms with Crippen LogP contribution < -0.4 is 5.46 Å². The summed E-state index contributed by atoms with van der Waals surface area (Å²) in [7, 11) is -4.86. The second-order valence-corrected chi connectivity index (χ2v) is 9.62. The number of halogens is 1. The van der Waals surface area contributed by atoms with Crippen molar-refractivity contribution in [1.82, 2.24) is 8.96 Å². The van der Waals surface area contributed by atoms with Crippen LogP contribution >= 0.6 is 0 Å². The third-order valence-electron chi connectivity index (χ3n) is 5.47. The fourth-order valence-corrected chi connectivity index (χ4v) is 4.57. The highest BCUT2D eigenvalue weighted by Crippen LogP contribution is 2.37. The van der Waals surface area contributed by atoms with E-state index >= 15 is 0 Å². The molecule has 0 radical (unpaired) electrons. The van der Waals surface area contributed by atoms with Crippen LogP contribution in [-0.2, 0) is 19.3 Å². The van der Waals surface area contributed by atoms with Gasteiger partial charge >= 0.3 is 7.12 Å². The highest BCUT2D eigenvalue weighted by Gasteiger charge is 2.52. The summed E-state index contributed by atoms with van der Waals surface area (Å²) >= 11 is 0. The molecular formula is C19H20BFN2O4S. The zero-order valence-electron chi connectivity index (χ0n) is 16.0. The Balaban J connectivity index is 1.94. The number of nitrogens with zero attached hydrogens (tertiary/aromatic N) is 2. The van der Waals surface area contributed by atoms with Crippen molar-refractivity contribution in [1.29, 1.82) is 0 Å². The number of fused-ring (bicyclic) bond motifs is 1. The van der Waals surface area contributed by atoms with Gasteiger partial charge in [-0.05, 0) is 39.8 Å². The van der Waals surface area contributed by atoms with Gasteiger partial charge in [-0.15, -0.1) is 0 Å². The zero-order chi connectivity index (χ0) is 20.3. The van der Waals surface area contributed by atoms with Gasteiger partial charge in [0.2, 0.25) is 0 Å². The summed E-state index contributed by atoms with van der Waals surface area (Å²) in [5.41, 5.74) is -0.844. The Morgan fingerprint density at radius 2 is 1.64 bits per heavy atom. The number of aromatic nitrogens is 2. The third-order valence-corrected chi connectivity index (χ3v) is 7.16. The van der Waals surface area contributed by atoms with E-state index in [2.05, 4.69) is 4.98 Å². The lowest BCUT2D eigenvalue weighted by Gasteiger charge is -2.32. The van der Waals surface area contributed by atoms with Gasteiger partial charge in [0.05, 0.1) is 34.0 Å². The zero-order valence-corrected chi connectivity index (χ0v) is 16.8. The van der Waals surface area contributed by atoms with Gasteiger partial charge in [-0.3, -0.25) is 4.98 Å². The molecule has 0 bridgehead atoms. The maximum Gasteiger partial charge on any atom is 0.497 e. The summed E-state index contributed by atoms with van der Waals surface area (Å²) < 4.78 is 54.1. The predicted octanol–water partition coefficient (Wildman–Crippen LogP) is 2.71. The van der Waals surface area contributed by atoms with Crippen molar-refractivity contribution in [2.45, 2.75) is 43.8 Å². The van der Waals surface area contributed by atoms with Crippen LogP contribution in [0.25, 0.3) is 10.9 Å². The first-order chi connectivity index (χ1) is 13.0. The van der Waals surface area contributed by atoms with E-state index in [0.29, 0.717) is 5.46 Å². The van der Waals surface area contributed by atoms with E-state index < -0.39 is 34.2 Å². The standard InChI is InChI=1S/C19H20BFN2O4S/c1-18(2)19(3,4)27-20(26-18)14-12-23(16-11-22-10-15(21)17(14)16)28(24,25)13-8-6-5-7-9-13/h5-12H,1-4H3. The summed E-state index contributed by atoms with van der Waals surface area (Å²) in [4.78, 5) is 3.93. The summed E-state index contributed by atoms with van der Waals surface area (Å²) in [6.07, 6.45) is 3.74. The highest BCUT2D eigenvalue weighted by atomic mass is 32.2. The summed E-state index contributed by atoms with van der Waals surface area (Å²) in [6, 6.07) is 7.97. The van der Waals surface area contributed by atoms with Crippen LogP contribution in [0.1, 0.15) is 27.7 Å². The molecule has 28 heavy (non-hydrogen) atoms. The van der Waals surface area contributed by atoms with Crippen molar-refractivity contribution in [3.05, 3.63) is 54.7 Å². The predicted molar refractivity (Wildman–Crippen MR) is 104 cm³/mol. The molecule has 2 aromatic heterocycles. The van der Waals surface area contributed by atoms with E-state index in [1.54, 1.807) is 18.2 Å². The van der Waals surface area contributed by atoms with E-state index in [4.69, 9.17) is 9.31 Å². The van der Waals surface area contributed by atoms with Crippen molar-refractivity contribution in [2.75, 3.05) is 0 Å². The molecule has 0 saturated carbocycles. The van der Waals surface area contributed by atoms with Crippen LogP contribution in [0.2, 0.25) is 0 Å². The Labute approximate surface area is 163 Å². The second kappa shape index (κ2) is 6.14. The number of rotatable bonds is 3. The lowest BCUT2D eigenvalue weighted by atomic mass is 9.79. The Morgan fingerprint density at radius 1 is 1.04 bits per heavy atom. The van der Waals surface area contributed by atoms with Crippen LogP contribution in [0.3, 0.4) is 0 Å². The topological polar surface area (TPSA) is 70.4 Å². The molecule has 0 aliphatic carbocycles. The lowest BCUT2D eigenvalue weighted by Crippen LogP contribution is -2.41. The third kappa shape index (κ3) is 2.77. The quantitative estimate of drug-likeness (QED) is 0.631. The number of benzene rings is 1. The normalized spacial score (nSPS) is 18.7. The maximum absolute atomic E-state index is 14.7. The minimum Gasteiger partial charge on any atom is -0.399 e. The molecular weight excluding hydrogens is 382 g/mol. The van der Waals surface area contributed by atoms with Gasteiger partial charge in [0.1, 0.15) is 0 Å². The van der Waals surface area contributed by atoms with Crippen molar-refractivity contribution in [2.24, 2.45) is 0 Å². The fourth-order valence-electron chi connectivity index (χ4n) is 3.19. The van der Waals surface area contributed by atoms with E-state index in [1.165, 1.54) is 24.5 Å². The van der Waals surface area contributed by atoms with E-state index in [1.807, 2.05) is 27.7 Å². The molecule has 4 rings (SSSR count). The molecule has 146 valence electrons. The first-order valence-electron chi connectivity index (χ1n) is 8.85. The first-order valence-corrected chi connectivity index (χ1v) is 10.3. The van der Waals surface area contributed by atoms with Crippen molar-refractivity contribution in [3.63, 3.8) is 0 Å². The number of hydrogen-bond donors (Lipinski definition) is 0. The fraction of sp³-hybridized carbons (Fsp3) is 0.316. The molecule has 1 fully saturated rings. The van der Waals surface area contributed by atoms with Gasteiger partial charge in [0, 0.05) is 17.0 Å². The highest BCUT2D eigenvalue weighted by molar-refractivity contribution is 7.90. The number of pyridine rings is 1. The van der Waals surface area contributed by atoms with Gasteiger partial charge in [-0.2, -0.15) is 0 Å². The average Bonchev–Trinajstić information content (AvgIpc) is 3.12. The molecule has 3 heterocycles. The van der Waals surface area contributed by atoms with Crippen molar-refractivity contribution < 1.29 is 22.1 Å². The van der Waals surface area contributed by atoms with E-state index in [0.717, 1.165) is 10.2 Å². The van der Waals surface area contributed by atoms with E-state index in [-0.39, 0.29) is 15.8 Å². The van der Waals surface area contributed by atoms with Gasteiger partial charge in [-0.25, -0.2) is 16.8 Å². The largest absolute Gasteiger partial charge is 0.497 e. The molecule has 0 N–H and O–H groups in total. The molecule has 0 atom stereocenters. The minimum atomic E-state index is -3.95. The Bertz CT molecular complexity index is 1140. The Morgan fingerprint density at radius 3 is 2.25 bits per heavy atom. The molecule has 6 nitrogen and oxygen atoms in total. The SMILES string of the molecule is CC1(C)OB(c2cn(S(=O)(=O)c3ccccc3)c3cncc(F)c23)OC1(C)C. The van der Waals surface area contributed by atoms with Crippen LogP contribution in [0.5, 0.6) is 0 Å². The van der Waals surface area contributed by atoms with Crippen LogP contribution in [0, 0.1) is 5.82 Å². The van der Waals surface area contributed by atoms with E-state index in [9.17, 15) is 12.8 Å². The smallest absolute Gasteiger partial charge is 0.399 e. The Kier molecular flexibility index (Phi) is 4.19. The molecule has 9 heteroatoms. The molecule has 0 unspecified atom stereocenters. The summed E-state index contributed by atoms with van der Waals surface area (Å²) in [6.45, 7) is 7.52. The lowest BCUT2D eigenvalue weighted by molar-refractivity contribution is 0.00578. The molecule has 1 aliphatic rings. The van der Waals surface area contributed by atoms with Gasteiger partial charge in [0.15, 0.2) is 5.82 Å². The summed E-state index contributed by atoms with van der Waals surface area (Å²) in [5.74, 6) is -0.635. The monoisotopic (exact) mass is 402 g/mol. The maximum atomic E-state index is 14.7. The second-order valence-electron chi connectivity index (χ2n) is 7.80. The molecule has 0 amide bonds. The average molecular weight is 402 g/mol. The van der Waals surface area contributed by atoms with Gasteiger partial charge < -0.3 is 9.31 Å². The Hall–Kier alpha value is -2.23. The molecule has 0 spiro atoms. The molecule has 1 saturated heterocycles. The van der Waals surface area contributed by atoms with Crippen LogP contribution in [0.15, 0.2) is 53.8 Å².